The third-order valence-electron chi connectivity index (χ3n) is 2.36. The van der Waals surface area contributed by atoms with Crippen molar-refractivity contribution in [3.05, 3.63) is 28.8 Å². The minimum absolute atomic E-state index is 0.391. The van der Waals surface area contributed by atoms with Gasteiger partial charge in [-0.2, -0.15) is 10.1 Å². The number of hydrogen-bond donors (Lipinski definition) is 0. The van der Waals surface area contributed by atoms with Crippen LogP contribution >= 0.6 is 11.6 Å². The van der Waals surface area contributed by atoms with E-state index in [1.807, 2.05) is 20.0 Å². The summed E-state index contributed by atoms with van der Waals surface area (Å²) in [4.78, 5) is 8.45. The Balaban J connectivity index is 2.25. The summed E-state index contributed by atoms with van der Waals surface area (Å²) in [6.07, 6.45) is 1.74. The van der Waals surface area contributed by atoms with Crippen LogP contribution in [0.4, 0.5) is 0 Å². The normalized spacial score (nSPS) is 10.7. The van der Waals surface area contributed by atoms with E-state index in [9.17, 15) is 0 Å². The fourth-order valence-electron chi connectivity index (χ4n) is 1.62. The molecule has 2 rings (SSSR count). The van der Waals surface area contributed by atoms with E-state index < -0.39 is 0 Å². The molecule has 18 heavy (non-hydrogen) atoms. The van der Waals surface area contributed by atoms with Gasteiger partial charge in [-0.1, -0.05) is 18.5 Å². The fourth-order valence-corrected chi connectivity index (χ4v) is 1.81. The molecule has 0 amide bonds. The van der Waals surface area contributed by atoms with Crippen LogP contribution in [-0.2, 0) is 13.5 Å². The Morgan fingerprint density at radius 3 is 2.72 bits per heavy atom. The molecule has 0 atom stereocenters. The summed E-state index contributed by atoms with van der Waals surface area (Å²) >= 11 is 5.94. The average Bonchev–Trinajstić information content (AvgIpc) is 2.57. The summed E-state index contributed by atoms with van der Waals surface area (Å²) in [5.41, 5.74) is 0.890. The Bertz CT molecular complexity index is 553. The molecule has 0 fully saturated rings. The van der Waals surface area contributed by atoms with Crippen molar-refractivity contribution in [1.82, 2.24) is 19.7 Å². The Morgan fingerprint density at radius 2 is 2.11 bits per heavy atom. The van der Waals surface area contributed by atoms with Gasteiger partial charge in [0.25, 0.3) is 0 Å². The van der Waals surface area contributed by atoms with Gasteiger partial charge in [0, 0.05) is 25.6 Å². The van der Waals surface area contributed by atoms with E-state index in [1.54, 1.807) is 10.7 Å². The predicted octanol–water partition coefficient (Wildman–Crippen LogP) is 2.92. The molecule has 2 aromatic rings. The van der Waals surface area contributed by atoms with E-state index in [0.29, 0.717) is 22.7 Å². The highest BCUT2D eigenvalue weighted by atomic mass is 35.5. The number of rotatable bonds is 4. The molecule has 0 saturated heterocycles. The molecule has 96 valence electrons. The van der Waals surface area contributed by atoms with Gasteiger partial charge in [-0.05, 0) is 13.3 Å². The molecular weight excluding hydrogens is 252 g/mol. The van der Waals surface area contributed by atoms with Gasteiger partial charge in [0.05, 0.1) is 5.69 Å². The fraction of sp³-hybridized carbons (Fsp3) is 0.417. The lowest BCUT2D eigenvalue weighted by Gasteiger charge is -2.06. The lowest BCUT2D eigenvalue weighted by atomic mass is 10.3. The molecule has 2 heterocycles. The van der Waals surface area contributed by atoms with Crippen molar-refractivity contribution in [2.45, 2.75) is 26.7 Å². The highest BCUT2D eigenvalue weighted by molar-refractivity contribution is 6.29. The second-order valence-corrected chi connectivity index (χ2v) is 4.43. The molecule has 0 bridgehead atoms. The largest absolute Gasteiger partial charge is 0.421 e. The molecule has 0 aliphatic carbocycles. The van der Waals surface area contributed by atoms with Crippen LogP contribution in [-0.4, -0.2) is 19.7 Å². The van der Waals surface area contributed by atoms with Gasteiger partial charge in [0.1, 0.15) is 11.0 Å². The van der Waals surface area contributed by atoms with Crippen LogP contribution in [0.5, 0.6) is 11.8 Å². The predicted molar refractivity (Wildman–Crippen MR) is 69.1 cm³/mol. The maximum absolute atomic E-state index is 5.94. The van der Waals surface area contributed by atoms with Crippen LogP contribution in [0.2, 0.25) is 5.15 Å². The molecule has 6 heteroatoms. The zero-order chi connectivity index (χ0) is 13.1. The van der Waals surface area contributed by atoms with E-state index >= 15 is 0 Å². The maximum Gasteiger partial charge on any atom is 0.226 e. The van der Waals surface area contributed by atoms with Crippen LogP contribution in [0.1, 0.15) is 24.9 Å². The van der Waals surface area contributed by atoms with Gasteiger partial charge >= 0.3 is 0 Å². The van der Waals surface area contributed by atoms with Gasteiger partial charge in [-0.3, -0.25) is 0 Å². The lowest BCUT2D eigenvalue weighted by Crippen LogP contribution is -2.00. The zero-order valence-corrected chi connectivity index (χ0v) is 11.4. The smallest absolute Gasteiger partial charge is 0.226 e. The first-order valence-corrected chi connectivity index (χ1v) is 6.18. The van der Waals surface area contributed by atoms with Gasteiger partial charge in [-0.25, -0.2) is 9.67 Å². The molecular formula is C12H15ClN4O. The first kappa shape index (κ1) is 12.8. The summed E-state index contributed by atoms with van der Waals surface area (Å²) in [7, 11) is 1.82. The maximum atomic E-state index is 5.94. The topological polar surface area (TPSA) is 52.8 Å². The molecule has 0 N–H and O–H groups in total. The SMILES string of the molecule is CCCc1nc(Cl)cc(Oc2cc(C)nn2C)n1. The van der Waals surface area contributed by atoms with E-state index in [0.717, 1.165) is 18.5 Å². The molecule has 0 unspecified atom stereocenters. The number of aryl methyl sites for hydroxylation is 3. The summed E-state index contributed by atoms with van der Waals surface area (Å²) < 4.78 is 7.32. The standard InChI is InChI=1S/C12H15ClN4O/c1-4-5-10-14-9(13)7-11(15-10)18-12-6-8(2)16-17(12)3/h6-7H,4-5H2,1-3H3. The molecule has 2 aromatic heterocycles. The monoisotopic (exact) mass is 266 g/mol. The number of hydrogen-bond acceptors (Lipinski definition) is 4. The van der Waals surface area contributed by atoms with Crippen LogP contribution in [0, 0.1) is 6.92 Å². The first-order valence-electron chi connectivity index (χ1n) is 5.80. The minimum atomic E-state index is 0.391. The first-order chi connectivity index (χ1) is 8.58. The third-order valence-corrected chi connectivity index (χ3v) is 2.55. The molecule has 0 aliphatic heterocycles. The summed E-state index contributed by atoms with van der Waals surface area (Å²) in [5, 5.41) is 4.59. The highest BCUT2D eigenvalue weighted by Crippen LogP contribution is 2.22. The van der Waals surface area contributed by atoms with E-state index in [4.69, 9.17) is 16.3 Å². The van der Waals surface area contributed by atoms with Crippen molar-refractivity contribution in [2.75, 3.05) is 0 Å². The van der Waals surface area contributed by atoms with E-state index in [-0.39, 0.29) is 0 Å². The number of aromatic nitrogens is 4. The van der Waals surface area contributed by atoms with Crippen molar-refractivity contribution >= 4 is 11.6 Å². The molecule has 0 spiro atoms. The van der Waals surface area contributed by atoms with Gasteiger partial charge in [-0.15, -0.1) is 0 Å². The van der Waals surface area contributed by atoms with Crippen LogP contribution in [0.15, 0.2) is 12.1 Å². The van der Waals surface area contributed by atoms with E-state index in [1.165, 1.54) is 0 Å². The van der Waals surface area contributed by atoms with Crippen LogP contribution in [0.25, 0.3) is 0 Å². The zero-order valence-electron chi connectivity index (χ0n) is 10.6. The summed E-state index contributed by atoms with van der Waals surface area (Å²) in [6, 6.07) is 3.44. The third kappa shape index (κ3) is 2.98. The Morgan fingerprint density at radius 1 is 1.33 bits per heavy atom. The molecule has 0 aromatic carbocycles. The number of ether oxygens (including phenoxy) is 1. The second-order valence-electron chi connectivity index (χ2n) is 4.04. The van der Waals surface area contributed by atoms with Crippen molar-refractivity contribution < 1.29 is 4.74 Å². The lowest BCUT2D eigenvalue weighted by molar-refractivity contribution is 0.412. The minimum Gasteiger partial charge on any atom is -0.421 e. The van der Waals surface area contributed by atoms with Crippen LogP contribution in [0.3, 0.4) is 0 Å². The Kier molecular flexibility index (Phi) is 3.81. The van der Waals surface area contributed by atoms with Crippen LogP contribution < -0.4 is 4.74 Å². The van der Waals surface area contributed by atoms with Crippen molar-refractivity contribution in [3.63, 3.8) is 0 Å². The van der Waals surface area contributed by atoms with E-state index in [2.05, 4.69) is 22.0 Å². The molecule has 0 saturated carbocycles. The molecule has 0 aliphatic rings. The number of halogens is 1. The summed E-state index contributed by atoms with van der Waals surface area (Å²) in [5.74, 6) is 1.77. The Labute approximate surface area is 111 Å². The van der Waals surface area contributed by atoms with Gasteiger partial charge in [0.15, 0.2) is 0 Å². The quantitative estimate of drug-likeness (QED) is 0.799. The molecule has 0 radical (unpaired) electrons. The highest BCUT2D eigenvalue weighted by Gasteiger charge is 2.08. The summed E-state index contributed by atoms with van der Waals surface area (Å²) in [6.45, 7) is 3.97. The average molecular weight is 267 g/mol. The number of nitrogens with zero attached hydrogens (tertiary/aromatic N) is 4. The van der Waals surface area contributed by atoms with Gasteiger partial charge in [0.2, 0.25) is 11.8 Å². The van der Waals surface area contributed by atoms with Crippen molar-refractivity contribution in [1.29, 1.82) is 0 Å². The van der Waals surface area contributed by atoms with Crippen molar-refractivity contribution in [3.8, 4) is 11.8 Å². The Hall–Kier alpha value is -1.62. The second kappa shape index (κ2) is 5.35. The van der Waals surface area contributed by atoms with Crippen molar-refractivity contribution in [2.24, 2.45) is 7.05 Å². The van der Waals surface area contributed by atoms with Gasteiger partial charge < -0.3 is 4.74 Å². The molecule has 5 nitrogen and oxygen atoms in total.